The Balaban J connectivity index is 1.80. The summed E-state index contributed by atoms with van der Waals surface area (Å²) in [5.41, 5.74) is 7.17. The van der Waals surface area contributed by atoms with E-state index in [2.05, 4.69) is 25.1 Å². The molecule has 0 atom stereocenters. The van der Waals surface area contributed by atoms with Crippen LogP contribution in [0, 0.1) is 0 Å². The average Bonchev–Trinajstić information content (AvgIpc) is 2.94. The van der Waals surface area contributed by atoms with Crippen molar-refractivity contribution in [3.63, 3.8) is 0 Å². The molecule has 2 heterocycles. The van der Waals surface area contributed by atoms with Gasteiger partial charge in [0.25, 0.3) is 0 Å². The molecule has 25 heavy (non-hydrogen) atoms. The molecular formula is C15H16F2N6O2. The first-order valence-electron chi connectivity index (χ1n) is 7.28. The number of nitrogen functional groups attached to an aromatic ring is 1. The van der Waals surface area contributed by atoms with Crippen LogP contribution in [-0.4, -0.2) is 33.5 Å². The van der Waals surface area contributed by atoms with Crippen LogP contribution in [0.4, 0.5) is 20.5 Å². The van der Waals surface area contributed by atoms with Crippen molar-refractivity contribution < 1.29 is 18.3 Å². The molecule has 0 aliphatic carbocycles. The molecule has 3 aromatic rings. The number of aromatic nitrogens is 4. The van der Waals surface area contributed by atoms with E-state index in [1.165, 1.54) is 13.2 Å². The first kappa shape index (κ1) is 16.7. The third-order valence-corrected chi connectivity index (χ3v) is 3.52. The topological polar surface area (TPSA) is 100 Å². The minimum absolute atomic E-state index is 0.0423. The van der Waals surface area contributed by atoms with Crippen molar-refractivity contribution in [1.29, 1.82) is 0 Å². The van der Waals surface area contributed by atoms with Crippen molar-refractivity contribution in [3.8, 4) is 11.5 Å². The normalized spacial score (nSPS) is 11.1. The molecular weight excluding hydrogens is 334 g/mol. The molecule has 8 nitrogen and oxygen atoms in total. The van der Waals surface area contributed by atoms with Crippen molar-refractivity contribution in [2.24, 2.45) is 7.05 Å². The number of alkyl halides is 2. The van der Waals surface area contributed by atoms with Gasteiger partial charge in [-0.05, 0) is 17.7 Å². The molecule has 1 aromatic carbocycles. The Kier molecular flexibility index (Phi) is 4.50. The van der Waals surface area contributed by atoms with Gasteiger partial charge in [-0.2, -0.15) is 23.8 Å². The molecule has 0 amide bonds. The minimum Gasteiger partial charge on any atom is -0.493 e. The van der Waals surface area contributed by atoms with Gasteiger partial charge in [-0.3, -0.25) is 4.68 Å². The molecule has 0 fully saturated rings. The molecule has 0 saturated heterocycles. The fourth-order valence-corrected chi connectivity index (χ4v) is 2.32. The Morgan fingerprint density at radius 1 is 1.28 bits per heavy atom. The van der Waals surface area contributed by atoms with Crippen LogP contribution in [0.1, 0.15) is 5.56 Å². The Labute approximate surface area is 141 Å². The maximum atomic E-state index is 12.5. The van der Waals surface area contributed by atoms with E-state index in [0.717, 1.165) is 0 Å². The summed E-state index contributed by atoms with van der Waals surface area (Å²) < 4.78 is 36.0. The van der Waals surface area contributed by atoms with Gasteiger partial charge in [0.15, 0.2) is 17.1 Å². The van der Waals surface area contributed by atoms with E-state index in [1.807, 2.05) is 0 Å². The molecule has 0 radical (unpaired) electrons. The molecule has 10 heteroatoms. The summed E-state index contributed by atoms with van der Waals surface area (Å²) in [6.45, 7) is -2.65. The van der Waals surface area contributed by atoms with Gasteiger partial charge >= 0.3 is 6.61 Å². The summed E-state index contributed by atoms with van der Waals surface area (Å²) in [6, 6.07) is 4.73. The Bertz CT molecular complexity index is 899. The number of fused-ring (bicyclic) bond motifs is 1. The number of nitrogens with zero attached hydrogens (tertiary/aromatic N) is 4. The van der Waals surface area contributed by atoms with Gasteiger partial charge in [0.05, 0.1) is 18.7 Å². The molecule has 2 aromatic heterocycles. The third-order valence-electron chi connectivity index (χ3n) is 3.52. The largest absolute Gasteiger partial charge is 0.493 e. The van der Waals surface area contributed by atoms with Crippen LogP contribution < -0.4 is 20.5 Å². The average molecular weight is 350 g/mol. The summed E-state index contributed by atoms with van der Waals surface area (Å²) in [5, 5.41) is 7.74. The second-order valence-corrected chi connectivity index (χ2v) is 5.16. The van der Waals surface area contributed by atoms with Crippen LogP contribution in [0.3, 0.4) is 0 Å². The highest BCUT2D eigenvalue weighted by Crippen LogP contribution is 2.29. The van der Waals surface area contributed by atoms with Gasteiger partial charge in [-0.15, -0.1) is 0 Å². The van der Waals surface area contributed by atoms with Crippen LogP contribution >= 0.6 is 0 Å². The monoisotopic (exact) mass is 350 g/mol. The van der Waals surface area contributed by atoms with Crippen LogP contribution in [0.2, 0.25) is 0 Å². The molecule has 0 unspecified atom stereocenters. The van der Waals surface area contributed by atoms with Gasteiger partial charge in [0.1, 0.15) is 5.82 Å². The molecule has 0 aliphatic heterocycles. The smallest absolute Gasteiger partial charge is 0.387 e. The predicted octanol–water partition coefficient (Wildman–Crippen LogP) is 2.17. The second-order valence-electron chi connectivity index (χ2n) is 5.16. The van der Waals surface area contributed by atoms with Crippen molar-refractivity contribution in [2.75, 3.05) is 18.2 Å². The summed E-state index contributed by atoms with van der Waals surface area (Å²) in [6.07, 6.45) is 1.59. The van der Waals surface area contributed by atoms with Gasteiger partial charge in [0.2, 0.25) is 5.95 Å². The molecule has 132 valence electrons. The van der Waals surface area contributed by atoms with Gasteiger partial charge in [0, 0.05) is 13.6 Å². The van der Waals surface area contributed by atoms with Crippen molar-refractivity contribution in [1.82, 2.24) is 19.7 Å². The first-order chi connectivity index (χ1) is 12.0. The summed E-state index contributed by atoms with van der Waals surface area (Å²) in [7, 11) is 3.13. The van der Waals surface area contributed by atoms with Crippen LogP contribution in [-0.2, 0) is 13.6 Å². The van der Waals surface area contributed by atoms with E-state index >= 15 is 0 Å². The van der Waals surface area contributed by atoms with Gasteiger partial charge < -0.3 is 20.5 Å². The highest BCUT2D eigenvalue weighted by atomic mass is 19.3. The van der Waals surface area contributed by atoms with E-state index in [0.29, 0.717) is 28.4 Å². The summed E-state index contributed by atoms with van der Waals surface area (Å²) in [4.78, 5) is 8.50. The quantitative estimate of drug-likeness (QED) is 0.703. The van der Waals surface area contributed by atoms with E-state index in [-0.39, 0.29) is 18.0 Å². The number of methoxy groups -OCH3 is 1. The zero-order valence-corrected chi connectivity index (χ0v) is 13.5. The minimum atomic E-state index is -2.94. The SMILES string of the molecule is COc1ccc(CNc2nc(N)c3cnn(C)c3n2)cc1OC(F)F. The van der Waals surface area contributed by atoms with Crippen molar-refractivity contribution >= 4 is 22.8 Å². The third kappa shape index (κ3) is 3.52. The fraction of sp³-hybridized carbons (Fsp3) is 0.267. The molecule has 0 aliphatic rings. The van der Waals surface area contributed by atoms with E-state index < -0.39 is 6.61 Å². The fourth-order valence-electron chi connectivity index (χ4n) is 2.32. The van der Waals surface area contributed by atoms with E-state index in [9.17, 15) is 8.78 Å². The first-order valence-corrected chi connectivity index (χ1v) is 7.28. The number of hydrogen-bond acceptors (Lipinski definition) is 7. The number of benzene rings is 1. The number of ether oxygens (including phenoxy) is 2. The molecule has 0 spiro atoms. The predicted molar refractivity (Wildman–Crippen MR) is 87.7 cm³/mol. The zero-order chi connectivity index (χ0) is 18.0. The van der Waals surface area contributed by atoms with Crippen molar-refractivity contribution in [2.45, 2.75) is 13.2 Å². The lowest BCUT2D eigenvalue weighted by Crippen LogP contribution is -2.08. The molecule has 3 rings (SSSR count). The van der Waals surface area contributed by atoms with Gasteiger partial charge in [-0.25, -0.2) is 0 Å². The van der Waals surface area contributed by atoms with Gasteiger partial charge in [-0.1, -0.05) is 6.07 Å². The lowest BCUT2D eigenvalue weighted by atomic mass is 10.2. The number of nitrogens with two attached hydrogens (primary N) is 1. The number of rotatable bonds is 6. The van der Waals surface area contributed by atoms with Crippen LogP contribution in [0.5, 0.6) is 11.5 Å². The second kappa shape index (κ2) is 6.75. The maximum Gasteiger partial charge on any atom is 0.387 e. The highest BCUT2D eigenvalue weighted by Gasteiger charge is 2.12. The number of hydrogen-bond donors (Lipinski definition) is 2. The Morgan fingerprint density at radius 2 is 2.08 bits per heavy atom. The zero-order valence-electron chi connectivity index (χ0n) is 13.5. The number of nitrogens with one attached hydrogen (secondary N) is 1. The lowest BCUT2D eigenvalue weighted by molar-refractivity contribution is -0.0512. The highest BCUT2D eigenvalue weighted by molar-refractivity contribution is 5.86. The standard InChI is InChI=1S/C15H16F2N6O2/c1-23-13-9(7-20-23)12(18)21-15(22-13)19-6-8-3-4-10(24-2)11(5-8)25-14(16)17/h3-5,7,14H,6H2,1-2H3,(H3,18,19,21,22). The van der Waals surface area contributed by atoms with E-state index in [1.54, 1.807) is 30.1 Å². The lowest BCUT2D eigenvalue weighted by Gasteiger charge is -2.12. The summed E-state index contributed by atoms with van der Waals surface area (Å²) >= 11 is 0. The van der Waals surface area contributed by atoms with E-state index in [4.69, 9.17) is 10.5 Å². The number of halogens is 2. The maximum absolute atomic E-state index is 12.5. The molecule has 0 saturated carbocycles. The Morgan fingerprint density at radius 3 is 2.80 bits per heavy atom. The van der Waals surface area contributed by atoms with Crippen LogP contribution in [0.25, 0.3) is 11.0 Å². The number of anilines is 2. The number of aryl methyl sites for hydroxylation is 1. The molecule has 0 bridgehead atoms. The Hall–Kier alpha value is -3.17. The summed E-state index contributed by atoms with van der Waals surface area (Å²) in [5.74, 6) is 0.790. The van der Waals surface area contributed by atoms with Crippen LogP contribution in [0.15, 0.2) is 24.4 Å². The molecule has 3 N–H and O–H groups in total. The van der Waals surface area contributed by atoms with Crippen molar-refractivity contribution in [3.05, 3.63) is 30.0 Å².